The molecule has 5 nitrogen and oxygen atoms in total. The Bertz CT molecular complexity index is 1110. The van der Waals surface area contributed by atoms with Gasteiger partial charge >= 0.3 is 0 Å². The summed E-state index contributed by atoms with van der Waals surface area (Å²) in [5.41, 5.74) is 4.14. The molecule has 0 spiro atoms. The average Bonchev–Trinajstić information content (AvgIpc) is 3.15. The zero-order valence-electron chi connectivity index (χ0n) is 15.1. The molecule has 0 bridgehead atoms. The number of ether oxygens (including phenoxy) is 1. The lowest BCUT2D eigenvalue weighted by Crippen LogP contribution is -2.04. The van der Waals surface area contributed by atoms with Crippen LogP contribution in [0.2, 0.25) is 0 Å². The van der Waals surface area contributed by atoms with Crippen LogP contribution < -0.4 is 10.1 Å². The number of methoxy groups -OCH3 is 1. The summed E-state index contributed by atoms with van der Waals surface area (Å²) in [7, 11) is 1.67. The van der Waals surface area contributed by atoms with Crippen molar-refractivity contribution in [2.24, 2.45) is 0 Å². The van der Waals surface area contributed by atoms with Gasteiger partial charge in [-0.3, -0.25) is 0 Å². The highest BCUT2D eigenvalue weighted by Crippen LogP contribution is 2.26. The Labute approximate surface area is 166 Å². The van der Waals surface area contributed by atoms with Gasteiger partial charge in [0.05, 0.1) is 12.8 Å². The van der Waals surface area contributed by atoms with Gasteiger partial charge in [0, 0.05) is 34.4 Å². The maximum absolute atomic E-state index is 5.31. The Morgan fingerprint density at radius 1 is 1.07 bits per heavy atom. The molecule has 4 aromatic rings. The summed E-state index contributed by atoms with van der Waals surface area (Å²) in [6.07, 6.45) is 1.94. The van der Waals surface area contributed by atoms with Crippen LogP contribution >= 0.6 is 15.9 Å². The lowest BCUT2D eigenvalue weighted by molar-refractivity contribution is 0.414. The molecule has 0 fully saturated rings. The highest BCUT2D eigenvalue weighted by molar-refractivity contribution is 9.10. The largest absolute Gasteiger partial charge is 0.497 e. The monoisotopic (exact) mass is 422 g/mol. The summed E-state index contributed by atoms with van der Waals surface area (Å²) in [5.74, 6) is 2.35. The number of aromatic amines is 1. The van der Waals surface area contributed by atoms with Crippen molar-refractivity contribution in [3.8, 4) is 17.0 Å². The van der Waals surface area contributed by atoms with E-state index in [1.54, 1.807) is 7.11 Å². The standard InChI is InChI=1S/C21H19BrN4O/c1-13-25-20(15-4-3-14-7-8-23-19(14)10-15)11-21(26-13)24-12-16-9-17(27-2)5-6-18(16)22/h3-11,23H,12H2,1-2H3,(H,24,25,26). The molecule has 0 aliphatic heterocycles. The average molecular weight is 423 g/mol. The van der Waals surface area contributed by atoms with Crippen molar-refractivity contribution in [2.45, 2.75) is 13.5 Å². The molecule has 0 atom stereocenters. The zero-order chi connectivity index (χ0) is 18.8. The fourth-order valence-corrected chi connectivity index (χ4v) is 3.40. The molecule has 2 aromatic carbocycles. The number of halogens is 1. The van der Waals surface area contributed by atoms with Gasteiger partial charge in [-0.25, -0.2) is 9.97 Å². The number of hydrogen-bond donors (Lipinski definition) is 2. The molecular formula is C21H19BrN4O. The molecule has 2 aromatic heterocycles. The smallest absolute Gasteiger partial charge is 0.130 e. The molecule has 0 radical (unpaired) electrons. The van der Waals surface area contributed by atoms with Crippen LogP contribution in [0.15, 0.2) is 59.2 Å². The minimum Gasteiger partial charge on any atom is -0.497 e. The molecule has 27 heavy (non-hydrogen) atoms. The quantitative estimate of drug-likeness (QED) is 0.456. The molecule has 4 rings (SSSR count). The number of aryl methyl sites for hydroxylation is 1. The molecule has 0 saturated carbocycles. The van der Waals surface area contributed by atoms with E-state index in [9.17, 15) is 0 Å². The van der Waals surface area contributed by atoms with Crippen LogP contribution in [0.3, 0.4) is 0 Å². The van der Waals surface area contributed by atoms with Gasteiger partial charge in [0.1, 0.15) is 17.4 Å². The number of nitrogens with zero attached hydrogens (tertiary/aromatic N) is 2. The lowest BCUT2D eigenvalue weighted by Gasteiger charge is -2.11. The van der Waals surface area contributed by atoms with E-state index in [4.69, 9.17) is 4.74 Å². The zero-order valence-corrected chi connectivity index (χ0v) is 16.7. The fourth-order valence-electron chi connectivity index (χ4n) is 3.01. The normalized spacial score (nSPS) is 10.9. The number of H-pyrrole nitrogens is 1. The summed E-state index contributed by atoms with van der Waals surface area (Å²) in [4.78, 5) is 12.4. The van der Waals surface area contributed by atoms with E-state index in [1.807, 2.05) is 37.4 Å². The second-order valence-electron chi connectivity index (χ2n) is 6.28. The van der Waals surface area contributed by atoms with Crippen LogP contribution in [-0.4, -0.2) is 22.1 Å². The Hall–Kier alpha value is -2.86. The van der Waals surface area contributed by atoms with Crippen LogP contribution in [0.1, 0.15) is 11.4 Å². The Balaban J connectivity index is 1.61. The summed E-state index contributed by atoms with van der Waals surface area (Å²) in [5, 5.41) is 4.58. The number of hydrogen-bond acceptors (Lipinski definition) is 4. The van der Waals surface area contributed by atoms with Crippen molar-refractivity contribution in [1.82, 2.24) is 15.0 Å². The van der Waals surface area contributed by atoms with Crippen LogP contribution in [0.4, 0.5) is 5.82 Å². The van der Waals surface area contributed by atoms with Crippen molar-refractivity contribution in [2.75, 3.05) is 12.4 Å². The first-order valence-electron chi connectivity index (χ1n) is 8.62. The Kier molecular flexibility index (Phi) is 4.81. The first-order valence-corrected chi connectivity index (χ1v) is 9.41. The predicted octanol–water partition coefficient (Wildman–Crippen LogP) is 5.32. The fraction of sp³-hybridized carbons (Fsp3) is 0.143. The first-order chi connectivity index (χ1) is 13.1. The number of aromatic nitrogens is 3. The molecule has 6 heteroatoms. The van der Waals surface area contributed by atoms with E-state index in [0.717, 1.165) is 44.2 Å². The molecule has 2 heterocycles. The Morgan fingerprint density at radius 3 is 2.81 bits per heavy atom. The molecule has 0 aliphatic carbocycles. The van der Waals surface area contributed by atoms with Gasteiger partial charge < -0.3 is 15.0 Å². The van der Waals surface area contributed by atoms with E-state index in [-0.39, 0.29) is 0 Å². The van der Waals surface area contributed by atoms with Crippen LogP contribution in [-0.2, 0) is 6.54 Å². The second kappa shape index (κ2) is 7.40. The van der Waals surface area contributed by atoms with E-state index < -0.39 is 0 Å². The number of nitrogens with one attached hydrogen (secondary N) is 2. The van der Waals surface area contributed by atoms with E-state index in [0.29, 0.717) is 6.54 Å². The van der Waals surface area contributed by atoms with E-state index in [1.165, 1.54) is 5.39 Å². The van der Waals surface area contributed by atoms with Gasteiger partial charge in [-0.05, 0) is 48.2 Å². The molecule has 0 amide bonds. The minimum atomic E-state index is 0.628. The van der Waals surface area contributed by atoms with Gasteiger partial charge in [0.25, 0.3) is 0 Å². The molecule has 2 N–H and O–H groups in total. The maximum atomic E-state index is 5.31. The second-order valence-corrected chi connectivity index (χ2v) is 7.13. The van der Waals surface area contributed by atoms with Gasteiger partial charge in [-0.2, -0.15) is 0 Å². The third kappa shape index (κ3) is 3.80. The van der Waals surface area contributed by atoms with Crippen molar-refractivity contribution in [1.29, 1.82) is 0 Å². The minimum absolute atomic E-state index is 0.628. The number of benzene rings is 2. The van der Waals surface area contributed by atoms with Gasteiger partial charge in [0.2, 0.25) is 0 Å². The van der Waals surface area contributed by atoms with Crippen LogP contribution in [0, 0.1) is 6.92 Å². The highest BCUT2D eigenvalue weighted by Gasteiger charge is 2.08. The number of rotatable bonds is 5. The SMILES string of the molecule is COc1ccc(Br)c(CNc2cc(-c3ccc4cc[nH]c4c3)nc(C)n2)c1. The molecule has 136 valence electrons. The predicted molar refractivity (Wildman–Crippen MR) is 112 cm³/mol. The molecular weight excluding hydrogens is 404 g/mol. The lowest BCUT2D eigenvalue weighted by atomic mass is 10.1. The van der Waals surface area contributed by atoms with Crippen molar-refractivity contribution < 1.29 is 4.74 Å². The van der Waals surface area contributed by atoms with Gasteiger partial charge in [-0.1, -0.05) is 28.1 Å². The summed E-state index contributed by atoms with van der Waals surface area (Å²) in [6, 6.07) is 16.2. The molecule has 0 aliphatic rings. The van der Waals surface area contributed by atoms with Gasteiger partial charge in [0.15, 0.2) is 0 Å². The number of anilines is 1. The van der Waals surface area contributed by atoms with E-state index >= 15 is 0 Å². The third-order valence-electron chi connectivity index (χ3n) is 4.40. The van der Waals surface area contributed by atoms with Crippen LogP contribution in [0.5, 0.6) is 5.75 Å². The summed E-state index contributed by atoms with van der Waals surface area (Å²) < 4.78 is 6.34. The third-order valence-corrected chi connectivity index (χ3v) is 5.18. The number of fused-ring (bicyclic) bond motifs is 1. The van der Waals surface area contributed by atoms with Crippen molar-refractivity contribution in [3.63, 3.8) is 0 Å². The maximum Gasteiger partial charge on any atom is 0.130 e. The van der Waals surface area contributed by atoms with E-state index in [2.05, 4.69) is 60.5 Å². The summed E-state index contributed by atoms with van der Waals surface area (Å²) >= 11 is 3.59. The van der Waals surface area contributed by atoms with Crippen molar-refractivity contribution >= 4 is 32.7 Å². The van der Waals surface area contributed by atoms with Gasteiger partial charge in [-0.15, -0.1) is 0 Å². The molecule has 0 unspecified atom stereocenters. The first kappa shape index (κ1) is 17.5. The highest BCUT2D eigenvalue weighted by atomic mass is 79.9. The summed E-state index contributed by atoms with van der Waals surface area (Å²) in [6.45, 7) is 2.53. The topological polar surface area (TPSA) is 62.8 Å². The Morgan fingerprint density at radius 2 is 1.96 bits per heavy atom. The van der Waals surface area contributed by atoms with Crippen molar-refractivity contribution in [3.05, 3.63) is 70.6 Å². The van der Waals surface area contributed by atoms with Crippen LogP contribution in [0.25, 0.3) is 22.2 Å². The molecule has 0 saturated heterocycles.